The molecular formula is C17H14FN3O2. The third-order valence-corrected chi connectivity index (χ3v) is 3.49. The van der Waals surface area contributed by atoms with Crippen LogP contribution in [0.4, 0.5) is 4.39 Å². The van der Waals surface area contributed by atoms with Crippen LogP contribution >= 0.6 is 0 Å². The molecule has 5 nitrogen and oxygen atoms in total. The molecule has 23 heavy (non-hydrogen) atoms. The maximum atomic E-state index is 13.5. The predicted molar refractivity (Wildman–Crippen MR) is 84.2 cm³/mol. The van der Waals surface area contributed by atoms with Crippen LogP contribution in [0.5, 0.6) is 0 Å². The molecule has 1 aromatic heterocycles. The van der Waals surface area contributed by atoms with E-state index in [0.717, 1.165) is 0 Å². The summed E-state index contributed by atoms with van der Waals surface area (Å²) >= 11 is 0. The van der Waals surface area contributed by atoms with Crippen LogP contribution in [-0.4, -0.2) is 15.7 Å². The van der Waals surface area contributed by atoms with E-state index in [-0.39, 0.29) is 30.2 Å². The Bertz CT molecular complexity index is 921. The van der Waals surface area contributed by atoms with Gasteiger partial charge in [-0.1, -0.05) is 30.3 Å². The lowest BCUT2D eigenvalue weighted by Crippen LogP contribution is -2.29. The predicted octanol–water partition coefficient (Wildman–Crippen LogP) is 1.85. The molecule has 0 radical (unpaired) electrons. The molecule has 0 fully saturated rings. The number of hydrogen-bond donors (Lipinski definition) is 1. The van der Waals surface area contributed by atoms with Gasteiger partial charge in [-0.2, -0.15) is 5.10 Å². The van der Waals surface area contributed by atoms with Crippen molar-refractivity contribution >= 4 is 16.8 Å². The summed E-state index contributed by atoms with van der Waals surface area (Å²) in [5.41, 5.74) is 0.809. The van der Waals surface area contributed by atoms with E-state index in [1.165, 1.54) is 16.9 Å². The van der Waals surface area contributed by atoms with Gasteiger partial charge >= 0.3 is 0 Å². The summed E-state index contributed by atoms with van der Waals surface area (Å²) in [7, 11) is 0. The van der Waals surface area contributed by atoms with Crippen LogP contribution in [0.1, 0.15) is 5.56 Å². The van der Waals surface area contributed by atoms with Gasteiger partial charge in [-0.3, -0.25) is 14.3 Å². The van der Waals surface area contributed by atoms with Crippen LogP contribution in [0.2, 0.25) is 0 Å². The number of halogens is 1. The summed E-state index contributed by atoms with van der Waals surface area (Å²) in [5.74, 6) is -0.672. The summed E-state index contributed by atoms with van der Waals surface area (Å²) < 4.78 is 15.0. The Labute approximate surface area is 131 Å². The van der Waals surface area contributed by atoms with Gasteiger partial charge in [0.15, 0.2) is 0 Å². The molecule has 0 aliphatic heterocycles. The first-order chi connectivity index (χ1) is 11.1. The van der Waals surface area contributed by atoms with Crippen LogP contribution < -0.4 is 10.7 Å². The maximum Gasteiger partial charge on any atom is 0.242 e. The number of benzene rings is 2. The van der Waals surface area contributed by atoms with Gasteiger partial charge in [0.2, 0.25) is 11.3 Å². The standard InChI is InChI=1S/C17H14FN3O2/c18-14-7-3-1-5-12(14)9-19-17(23)11-21-15-8-4-2-6-13(15)16(22)10-20-21/h1-8,10H,9,11H2,(H,19,23). The topological polar surface area (TPSA) is 64.0 Å². The number of hydrogen-bond acceptors (Lipinski definition) is 3. The average Bonchev–Trinajstić information content (AvgIpc) is 2.57. The molecule has 1 N–H and O–H groups in total. The first-order valence-corrected chi connectivity index (χ1v) is 7.10. The Kier molecular flexibility index (Phi) is 4.14. The highest BCUT2D eigenvalue weighted by Gasteiger charge is 2.08. The maximum absolute atomic E-state index is 13.5. The van der Waals surface area contributed by atoms with Crippen molar-refractivity contribution in [3.63, 3.8) is 0 Å². The van der Waals surface area contributed by atoms with Crippen LogP contribution in [0.15, 0.2) is 59.5 Å². The fourth-order valence-corrected chi connectivity index (χ4v) is 2.31. The Morgan fingerprint density at radius 3 is 2.70 bits per heavy atom. The quantitative estimate of drug-likeness (QED) is 0.800. The van der Waals surface area contributed by atoms with E-state index in [0.29, 0.717) is 16.5 Å². The molecule has 0 aliphatic rings. The van der Waals surface area contributed by atoms with E-state index in [4.69, 9.17) is 0 Å². The van der Waals surface area contributed by atoms with E-state index in [2.05, 4.69) is 10.4 Å². The number of carbonyl (C=O) groups excluding carboxylic acids is 1. The van der Waals surface area contributed by atoms with Crippen LogP contribution in [0.25, 0.3) is 10.9 Å². The average molecular weight is 311 g/mol. The molecule has 0 unspecified atom stereocenters. The molecule has 0 saturated carbocycles. The molecule has 0 atom stereocenters. The molecule has 3 aromatic rings. The SMILES string of the molecule is O=C(Cn1ncc(=O)c2ccccc21)NCc1ccccc1F. The van der Waals surface area contributed by atoms with Crippen molar-refractivity contribution in [2.45, 2.75) is 13.1 Å². The first kappa shape index (κ1) is 14.9. The Morgan fingerprint density at radius 2 is 1.87 bits per heavy atom. The fourth-order valence-electron chi connectivity index (χ4n) is 2.31. The first-order valence-electron chi connectivity index (χ1n) is 7.10. The zero-order valence-electron chi connectivity index (χ0n) is 12.2. The van der Waals surface area contributed by atoms with Gasteiger partial charge in [0.05, 0.1) is 11.7 Å². The monoisotopic (exact) mass is 311 g/mol. The second kappa shape index (κ2) is 6.39. The molecule has 0 saturated heterocycles. The number of nitrogens with zero attached hydrogens (tertiary/aromatic N) is 2. The second-order valence-electron chi connectivity index (χ2n) is 5.05. The van der Waals surface area contributed by atoms with Crippen molar-refractivity contribution in [2.75, 3.05) is 0 Å². The minimum absolute atomic E-state index is 0.0464. The lowest BCUT2D eigenvalue weighted by molar-refractivity contribution is -0.121. The number of carbonyl (C=O) groups is 1. The second-order valence-corrected chi connectivity index (χ2v) is 5.05. The molecule has 1 amide bonds. The van der Waals surface area contributed by atoms with Crippen molar-refractivity contribution < 1.29 is 9.18 Å². The number of amides is 1. The van der Waals surface area contributed by atoms with Crippen molar-refractivity contribution in [3.05, 3.63) is 76.3 Å². The minimum atomic E-state index is -0.361. The molecule has 2 aromatic carbocycles. The van der Waals surface area contributed by atoms with E-state index in [1.54, 1.807) is 42.5 Å². The molecule has 0 spiro atoms. The third-order valence-electron chi connectivity index (χ3n) is 3.49. The molecule has 116 valence electrons. The van der Waals surface area contributed by atoms with Crippen molar-refractivity contribution in [2.24, 2.45) is 0 Å². The number of nitrogens with one attached hydrogen (secondary N) is 1. The van der Waals surface area contributed by atoms with Crippen LogP contribution in [0, 0.1) is 5.82 Å². The summed E-state index contributed by atoms with van der Waals surface area (Å²) in [6.07, 6.45) is 1.19. The van der Waals surface area contributed by atoms with Gasteiger partial charge in [0, 0.05) is 17.5 Å². The molecule has 0 aliphatic carbocycles. The van der Waals surface area contributed by atoms with E-state index in [1.807, 2.05) is 0 Å². The molecule has 0 bridgehead atoms. The fraction of sp³-hybridized carbons (Fsp3) is 0.118. The highest BCUT2D eigenvalue weighted by molar-refractivity contribution is 5.81. The van der Waals surface area contributed by atoms with E-state index < -0.39 is 0 Å². The zero-order valence-corrected chi connectivity index (χ0v) is 12.2. The lowest BCUT2D eigenvalue weighted by atomic mass is 10.2. The van der Waals surface area contributed by atoms with Gasteiger partial charge in [0.1, 0.15) is 12.4 Å². The summed E-state index contributed by atoms with van der Waals surface area (Å²) in [6, 6.07) is 13.2. The molecule has 3 rings (SSSR count). The molecular weight excluding hydrogens is 297 g/mol. The normalized spacial score (nSPS) is 10.7. The summed E-state index contributed by atoms with van der Waals surface area (Å²) in [4.78, 5) is 23.8. The number of rotatable bonds is 4. The minimum Gasteiger partial charge on any atom is -0.350 e. The van der Waals surface area contributed by atoms with Crippen molar-refractivity contribution in [3.8, 4) is 0 Å². The van der Waals surface area contributed by atoms with Gasteiger partial charge in [0.25, 0.3) is 0 Å². The highest BCUT2D eigenvalue weighted by Crippen LogP contribution is 2.08. The Hall–Kier alpha value is -3.02. The number of para-hydroxylation sites is 1. The van der Waals surface area contributed by atoms with Gasteiger partial charge < -0.3 is 5.32 Å². The van der Waals surface area contributed by atoms with Crippen molar-refractivity contribution in [1.29, 1.82) is 0 Å². The summed E-state index contributed by atoms with van der Waals surface area (Å²) in [5, 5.41) is 7.14. The van der Waals surface area contributed by atoms with Gasteiger partial charge in [-0.25, -0.2) is 4.39 Å². The number of fused-ring (bicyclic) bond motifs is 1. The Morgan fingerprint density at radius 1 is 1.13 bits per heavy atom. The van der Waals surface area contributed by atoms with Gasteiger partial charge in [-0.05, 0) is 18.2 Å². The van der Waals surface area contributed by atoms with Crippen LogP contribution in [-0.2, 0) is 17.9 Å². The Balaban J connectivity index is 1.75. The summed E-state index contributed by atoms with van der Waals surface area (Å²) in [6.45, 7) is 0.0544. The van der Waals surface area contributed by atoms with Crippen LogP contribution in [0.3, 0.4) is 0 Å². The van der Waals surface area contributed by atoms with Gasteiger partial charge in [-0.15, -0.1) is 0 Å². The van der Waals surface area contributed by atoms with Crippen molar-refractivity contribution in [1.82, 2.24) is 15.1 Å². The zero-order chi connectivity index (χ0) is 16.2. The highest BCUT2D eigenvalue weighted by atomic mass is 19.1. The number of aromatic nitrogens is 2. The lowest BCUT2D eigenvalue weighted by Gasteiger charge is -2.10. The third kappa shape index (κ3) is 3.26. The molecule has 1 heterocycles. The molecule has 6 heteroatoms. The van der Waals surface area contributed by atoms with E-state index in [9.17, 15) is 14.0 Å². The smallest absolute Gasteiger partial charge is 0.242 e. The van der Waals surface area contributed by atoms with E-state index >= 15 is 0 Å². The largest absolute Gasteiger partial charge is 0.350 e.